The number of hydrogen-bond acceptors (Lipinski definition) is 2. The van der Waals surface area contributed by atoms with Gasteiger partial charge in [0.05, 0.1) is 6.04 Å². The van der Waals surface area contributed by atoms with E-state index in [2.05, 4.69) is 12.2 Å². The fourth-order valence-corrected chi connectivity index (χ4v) is 2.12. The van der Waals surface area contributed by atoms with Gasteiger partial charge < -0.3 is 10.1 Å². The van der Waals surface area contributed by atoms with Gasteiger partial charge in [-0.05, 0) is 32.4 Å². The quantitative estimate of drug-likeness (QED) is 0.850. The van der Waals surface area contributed by atoms with Gasteiger partial charge in [-0.3, -0.25) is 0 Å². The van der Waals surface area contributed by atoms with E-state index in [1.807, 2.05) is 19.1 Å². The minimum Gasteiger partial charge on any atom is -0.485 e. The number of hydrogen-bond donors (Lipinski definition) is 1. The van der Waals surface area contributed by atoms with Crippen molar-refractivity contribution in [2.24, 2.45) is 0 Å². The van der Waals surface area contributed by atoms with Crippen LogP contribution in [0.3, 0.4) is 0 Å². The fourth-order valence-electron chi connectivity index (χ4n) is 2.12. The zero-order chi connectivity index (χ0) is 11.7. The molecule has 0 radical (unpaired) electrons. The molecule has 2 rings (SSSR count). The molecule has 1 aliphatic heterocycles. The van der Waals surface area contributed by atoms with Crippen molar-refractivity contribution >= 4 is 0 Å². The highest BCUT2D eigenvalue weighted by atomic mass is 19.1. The molecule has 16 heavy (non-hydrogen) atoms. The van der Waals surface area contributed by atoms with Gasteiger partial charge in [-0.2, -0.15) is 0 Å². The van der Waals surface area contributed by atoms with Crippen LogP contribution >= 0.6 is 0 Å². The van der Waals surface area contributed by atoms with Gasteiger partial charge in [0, 0.05) is 5.56 Å². The molecular weight excluding hydrogens is 205 g/mol. The normalized spacial score (nSPS) is 23.0. The molecule has 0 aromatic heterocycles. The summed E-state index contributed by atoms with van der Waals surface area (Å²) in [6.07, 6.45) is 1.06. The standard InChI is InChI=1S/C13H18FNO/c1-4-7-15-12-9(3)16-13-10(12)6-5-8(2)11(13)14/h5-6,9,12,15H,4,7H2,1-3H3. The molecule has 0 spiro atoms. The Morgan fingerprint density at radius 1 is 1.44 bits per heavy atom. The Balaban J connectivity index is 2.31. The van der Waals surface area contributed by atoms with Crippen LogP contribution in [0.5, 0.6) is 5.75 Å². The summed E-state index contributed by atoms with van der Waals surface area (Å²) in [6, 6.07) is 3.89. The Morgan fingerprint density at radius 2 is 2.19 bits per heavy atom. The first-order chi connectivity index (χ1) is 7.65. The van der Waals surface area contributed by atoms with Crippen LogP contribution in [0.2, 0.25) is 0 Å². The summed E-state index contributed by atoms with van der Waals surface area (Å²) in [7, 11) is 0. The van der Waals surface area contributed by atoms with Crippen LogP contribution in [-0.2, 0) is 0 Å². The van der Waals surface area contributed by atoms with Crippen LogP contribution in [0.15, 0.2) is 12.1 Å². The first kappa shape index (κ1) is 11.4. The average molecular weight is 223 g/mol. The van der Waals surface area contributed by atoms with Crippen molar-refractivity contribution in [3.05, 3.63) is 29.1 Å². The number of rotatable bonds is 3. The van der Waals surface area contributed by atoms with Crippen molar-refractivity contribution < 1.29 is 9.13 Å². The second-order valence-corrected chi connectivity index (χ2v) is 4.37. The first-order valence-corrected chi connectivity index (χ1v) is 5.84. The highest BCUT2D eigenvalue weighted by Crippen LogP contribution is 2.39. The Labute approximate surface area is 95.8 Å². The average Bonchev–Trinajstić information content (AvgIpc) is 2.58. The van der Waals surface area contributed by atoms with E-state index in [4.69, 9.17) is 4.74 Å². The van der Waals surface area contributed by atoms with Gasteiger partial charge in [-0.15, -0.1) is 0 Å². The largest absolute Gasteiger partial charge is 0.485 e. The van der Waals surface area contributed by atoms with Crippen LogP contribution in [0, 0.1) is 12.7 Å². The van der Waals surface area contributed by atoms with E-state index in [1.165, 1.54) is 0 Å². The molecular formula is C13H18FNO. The molecule has 0 fully saturated rings. The lowest BCUT2D eigenvalue weighted by atomic mass is 10.0. The molecule has 1 aromatic rings. The fraction of sp³-hybridized carbons (Fsp3) is 0.538. The molecule has 88 valence electrons. The SMILES string of the molecule is CCCNC1c2ccc(C)c(F)c2OC1C. The molecule has 2 nitrogen and oxygen atoms in total. The smallest absolute Gasteiger partial charge is 0.168 e. The lowest BCUT2D eigenvalue weighted by Crippen LogP contribution is -2.29. The Kier molecular flexibility index (Phi) is 3.15. The van der Waals surface area contributed by atoms with Crippen molar-refractivity contribution in [1.82, 2.24) is 5.32 Å². The summed E-state index contributed by atoms with van der Waals surface area (Å²) in [6.45, 7) is 6.77. The summed E-state index contributed by atoms with van der Waals surface area (Å²) < 4.78 is 19.4. The first-order valence-electron chi connectivity index (χ1n) is 5.84. The molecule has 1 N–H and O–H groups in total. The van der Waals surface area contributed by atoms with Crippen molar-refractivity contribution in [3.8, 4) is 5.75 Å². The maximum absolute atomic E-state index is 13.8. The van der Waals surface area contributed by atoms with E-state index in [9.17, 15) is 4.39 Å². The molecule has 0 saturated heterocycles. The maximum Gasteiger partial charge on any atom is 0.168 e. The lowest BCUT2D eigenvalue weighted by molar-refractivity contribution is 0.203. The van der Waals surface area contributed by atoms with Crippen molar-refractivity contribution in [2.75, 3.05) is 6.54 Å². The van der Waals surface area contributed by atoms with Crippen molar-refractivity contribution in [3.63, 3.8) is 0 Å². The van der Waals surface area contributed by atoms with Gasteiger partial charge in [0.15, 0.2) is 11.6 Å². The topological polar surface area (TPSA) is 21.3 Å². The van der Waals surface area contributed by atoms with E-state index in [1.54, 1.807) is 6.92 Å². The third kappa shape index (κ3) is 1.80. The van der Waals surface area contributed by atoms with Crippen molar-refractivity contribution in [1.29, 1.82) is 0 Å². The van der Waals surface area contributed by atoms with Crippen LogP contribution < -0.4 is 10.1 Å². The van der Waals surface area contributed by atoms with Gasteiger partial charge >= 0.3 is 0 Å². The molecule has 2 unspecified atom stereocenters. The number of halogens is 1. The predicted molar refractivity (Wildman–Crippen MR) is 62.3 cm³/mol. The Hall–Kier alpha value is -1.09. The summed E-state index contributed by atoms with van der Waals surface area (Å²) in [4.78, 5) is 0. The maximum atomic E-state index is 13.8. The van der Waals surface area contributed by atoms with E-state index in [0.717, 1.165) is 18.5 Å². The zero-order valence-electron chi connectivity index (χ0n) is 10.0. The van der Waals surface area contributed by atoms with E-state index in [0.29, 0.717) is 11.3 Å². The minimum atomic E-state index is -0.217. The van der Waals surface area contributed by atoms with Gasteiger partial charge in [-0.1, -0.05) is 19.1 Å². The third-order valence-electron chi connectivity index (χ3n) is 3.04. The highest BCUT2D eigenvalue weighted by molar-refractivity contribution is 5.44. The van der Waals surface area contributed by atoms with Crippen LogP contribution in [-0.4, -0.2) is 12.6 Å². The Bertz CT molecular complexity index is 392. The molecule has 0 amide bonds. The third-order valence-corrected chi connectivity index (χ3v) is 3.04. The van der Waals surface area contributed by atoms with Crippen LogP contribution in [0.4, 0.5) is 4.39 Å². The molecule has 0 bridgehead atoms. The van der Waals surface area contributed by atoms with Crippen LogP contribution in [0.25, 0.3) is 0 Å². The summed E-state index contributed by atoms with van der Waals surface area (Å²) >= 11 is 0. The van der Waals surface area contributed by atoms with Crippen molar-refractivity contribution in [2.45, 2.75) is 39.3 Å². The lowest BCUT2D eigenvalue weighted by Gasteiger charge is -2.15. The Morgan fingerprint density at radius 3 is 2.88 bits per heavy atom. The van der Waals surface area contributed by atoms with E-state index < -0.39 is 0 Å². The van der Waals surface area contributed by atoms with Gasteiger partial charge in [0.2, 0.25) is 0 Å². The van der Waals surface area contributed by atoms with Gasteiger partial charge in [-0.25, -0.2) is 4.39 Å². The summed E-state index contributed by atoms with van der Waals surface area (Å²) in [5.41, 5.74) is 1.59. The number of aryl methyl sites for hydroxylation is 1. The zero-order valence-corrected chi connectivity index (χ0v) is 10.0. The second-order valence-electron chi connectivity index (χ2n) is 4.37. The van der Waals surface area contributed by atoms with Gasteiger partial charge in [0.1, 0.15) is 6.10 Å². The minimum absolute atomic E-state index is 0.00199. The molecule has 1 aromatic carbocycles. The molecule has 3 heteroatoms. The second kappa shape index (κ2) is 4.42. The number of ether oxygens (including phenoxy) is 1. The number of benzene rings is 1. The van der Waals surface area contributed by atoms with Gasteiger partial charge in [0.25, 0.3) is 0 Å². The summed E-state index contributed by atoms with van der Waals surface area (Å²) in [5, 5.41) is 3.39. The van der Waals surface area contributed by atoms with Crippen LogP contribution in [0.1, 0.15) is 37.4 Å². The van der Waals surface area contributed by atoms with E-state index in [-0.39, 0.29) is 18.0 Å². The molecule has 0 aliphatic carbocycles. The highest BCUT2D eigenvalue weighted by Gasteiger charge is 2.33. The number of fused-ring (bicyclic) bond motifs is 1. The monoisotopic (exact) mass is 223 g/mol. The summed E-state index contributed by atoms with van der Waals surface area (Å²) in [5.74, 6) is 0.214. The predicted octanol–water partition coefficient (Wildman–Crippen LogP) is 2.96. The molecule has 1 aliphatic rings. The molecule has 0 saturated carbocycles. The number of nitrogens with one attached hydrogen (secondary N) is 1. The molecule has 2 atom stereocenters. The van der Waals surface area contributed by atoms with E-state index >= 15 is 0 Å². The molecule has 1 heterocycles.